The molecule has 0 fully saturated rings. The van der Waals surface area contributed by atoms with Crippen molar-refractivity contribution < 1.29 is 5.21 Å². The summed E-state index contributed by atoms with van der Waals surface area (Å²) in [5.41, 5.74) is 6.38. The number of aromatic amines is 1. The van der Waals surface area contributed by atoms with Crippen LogP contribution in [-0.4, -0.2) is 24.9 Å². The molecule has 0 aromatic carbocycles. The molecule has 0 amide bonds. The lowest BCUT2D eigenvalue weighted by Gasteiger charge is -2.00. The molecule has 4 N–H and O–H groups in total. The number of nitrogens with one attached hydrogen (secondary N) is 1. The zero-order chi connectivity index (χ0) is 8.72. The van der Waals surface area contributed by atoms with Gasteiger partial charge in [0.25, 0.3) is 0 Å². The quantitative estimate of drug-likeness (QED) is 0.403. The second kappa shape index (κ2) is 2.18. The molecule has 0 aliphatic heterocycles. The topological polar surface area (TPSA) is 92.8 Å². The third-order valence-electron chi connectivity index (χ3n) is 1.49. The minimum Gasteiger partial charge on any atom is -0.424 e. The molecule has 12 heavy (non-hydrogen) atoms. The molecule has 0 saturated carbocycles. The maximum Gasteiger partial charge on any atom is 0.237 e. The highest BCUT2D eigenvalue weighted by Crippen LogP contribution is 2.13. The van der Waals surface area contributed by atoms with Gasteiger partial charge in [-0.3, -0.25) is 0 Å². The van der Waals surface area contributed by atoms with Gasteiger partial charge in [-0.15, -0.1) is 4.73 Å². The van der Waals surface area contributed by atoms with E-state index in [1.807, 2.05) is 0 Å². The minimum absolute atomic E-state index is 0.00731. The lowest BCUT2D eigenvalue weighted by molar-refractivity contribution is 0.184. The van der Waals surface area contributed by atoms with Crippen LogP contribution in [0.4, 0.5) is 5.82 Å². The first kappa shape index (κ1) is 7.04. The Balaban J connectivity index is 3.04. The summed E-state index contributed by atoms with van der Waals surface area (Å²) in [7, 11) is 0. The van der Waals surface area contributed by atoms with E-state index >= 15 is 0 Å². The molecule has 0 bridgehead atoms. The lowest BCUT2D eigenvalue weighted by Crippen LogP contribution is -2.05. The SMILES string of the molecule is Nc1c2[nH]cnc2nc(=S)n1O. The molecule has 0 spiro atoms. The first-order valence-electron chi connectivity index (χ1n) is 3.11. The van der Waals surface area contributed by atoms with Gasteiger partial charge in [-0.1, -0.05) is 0 Å². The van der Waals surface area contributed by atoms with E-state index in [-0.39, 0.29) is 10.6 Å². The Morgan fingerprint density at radius 3 is 3.17 bits per heavy atom. The van der Waals surface area contributed by atoms with Gasteiger partial charge >= 0.3 is 0 Å². The van der Waals surface area contributed by atoms with Crippen LogP contribution in [0.2, 0.25) is 0 Å². The fourth-order valence-corrected chi connectivity index (χ4v) is 1.09. The maximum absolute atomic E-state index is 9.20. The summed E-state index contributed by atoms with van der Waals surface area (Å²) in [6.45, 7) is 0. The highest BCUT2D eigenvalue weighted by molar-refractivity contribution is 7.71. The van der Waals surface area contributed by atoms with Crippen LogP contribution >= 0.6 is 12.2 Å². The number of H-pyrrole nitrogens is 1. The highest BCUT2D eigenvalue weighted by Gasteiger charge is 2.06. The van der Waals surface area contributed by atoms with Gasteiger partial charge in [0, 0.05) is 0 Å². The second-order valence-corrected chi connectivity index (χ2v) is 2.56. The van der Waals surface area contributed by atoms with Crippen LogP contribution in [-0.2, 0) is 0 Å². The second-order valence-electron chi connectivity index (χ2n) is 2.19. The largest absolute Gasteiger partial charge is 0.424 e. The molecule has 62 valence electrons. The number of hydrogen-bond acceptors (Lipinski definition) is 5. The third kappa shape index (κ3) is 0.766. The zero-order valence-corrected chi connectivity index (χ0v) is 6.67. The van der Waals surface area contributed by atoms with E-state index in [2.05, 4.69) is 15.0 Å². The first-order valence-corrected chi connectivity index (χ1v) is 3.52. The predicted octanol–water partition coefficient (Wildman–Crippen LogP) is 0.308. The summed E-state index contributed by atoms with van der Waals surface area (Å²) in [5.74, 6) is 0.113. The fourth-order valence-electron chi connectivity index (χ4n) is 0.907. The Labute approximate surface area is 71.6 Å². The van der Waals surface area contributed by atoms with Crippen LogP contribution in [0.25, 0.3) is 11.2 Å². The molecule has 0 saturated heterocycles. The molecule has 0 aliphatic rings. The maximum atomic E-state index is 9.20. The highest BCUT2D eigenvalue weighted by atomic mass is 32.1. The number of aromatic nitrogens is 4. The van der Waals surface area contributed by atoms with E-state index in [1.54, 1.807) is 0 Å². The third-order valence-corrected chi connectivity index (χ3v) is 1.75. The van der Waals surface area contributed by atoms with Crippen molar-refractivity contribution in [2.75, 3.05) is 5.73 Å². The van der Waals surface area contributed by atoms with Crippen molar-refractivity contribution in [3.63, 3.8) is 0 Å². The van der Waals surface area contributed by atoms with E-state index in [9.17, 15) is 5.21 Å². The molecule has 0 atom stereocenters. The van der Waals surface area contributed by atoms with Crippen LogP contribution in [0.3, 0.4) is 0 Å². The molecule has 0 unspecified atom stereocenters. The van der Waals surface area contributed by atoms with Crippen LogP contribution in [0.1, 0.15) is 0 Å². The molecular formula is C5H5N5OS. The number of anilines is 1. The van der Waals surface area contributed by atoms with Crippen LogP contribution in [0, 0.1) is 4.77 Å². The Hall–Kier alpha value is -1.63. The Bertz CT molecular complexity index is 486. The van der Waals surface area contributed by atoms with Crippen molar-refractivity contribution >= 4 is 29.2 Å². The number of nitrogens with two attached hydrogens (primary N) is 1. The standard InChI is InChI=1S/C5H5N5OS/c6-3-2-4(8-1-7-2)9-5(12)10(3)11/h1,11H,6H2,(H,7,8,9,12). The molecular weight excluding hydrogens is 178 g/mol. The van der Waals surface area contributed by atoms with E-state index in [4.69, 9.17) is 18.0 Å². The number of imidazole rings is 1. The molecule has 2 aromatic heterocycles. The minimum atomic E-state index is -0.00731. The average Bonchev–Trinajstić information content (AvgIpc) is 2.48. The number of nitrogens with zero attached hydrogens (tertiary/aromatic N) is 3. The number of nitrogen functional groups attached to an aromatic ring is 1. The van der Waals surface area contributed by atoms with Crippen molar-refractivity contribution in [3.8, 4) is 0 Å². The van der Waals surface area contributed by atoms with Gasteiger partial charge in [0.05, 0.1) is 6.33 Å². The van der Waals surface area contributed by atoms with E-state index in [1.165, 1.54) is 6.33 Å². The smallest absolute Gasteiger partial charge is 0.237 e. The van der Waals surface area contributed by atoms with Crippen LogP contribution in [0.5, 0.6) is 0 Å². The van der Waals surface area contributed by atoms with Crippen LogP contribution in [0.15, 0.2) is 6.33 Å². The normalized spacial score (nSPS) is 10.7. The van der Waals surface area contributed by atoms with Gasteiger partial charge in [-0.05, 0) is 12.2 Å². The summed E-state index contributed by atoms with van der Waals surface area (Å²) in [6.07, 6.45) is 1.43. The summed E-state index contributed by atoms with van der Waals surface area (Å²) >= 11 is 4.70. The van der Waals surface area contributed by atoms with Gasteiger partial charge in [0.1, 0.15) is 5.52 Å². The van der Waals surface area contributed by atoms with Gasteiger partial charge in [-0.2, -0.15) is 4.98 Å². The summed E-state index contributed by atoms with van der Waals surface area (Å²) < 4.78 is 0.627. The molecule has 2 rings (SSSR count). The Morgan fingerprint density at radius 2 is 2.42 bits per heavy atom. The molecule has 7 heteroatoms. The van der Waals surface area contributed by atoms with E-state index < -0.39 is 0 Å². The molecule has 6 nitrogen and oxygen atoms in total. The van der Waals surface area contributed by atoms with E-state index in [0.717, 1.165) is 0 Å². The van der Waals surface area contributed by atoms with Crippen molar-refractivity contribution in [1.29, 1.82) is 0 Å². The fraction of sp³-hybridized carbons (Fsp3) is 0. The number of fused-ring (bicyclic) bond motifs is 1. The van der Waals surface area contributed by atoms with Crippen LogP contribution < -0.4 is 5.73 Å². The summed E-state index contributed by atoms with van der Waals surface area (Å²) in [4.78, 5) is 10.4. The summed E-state index contributed by atoms with van der Waals surface area (Å²) in [5, 5.41) is 9.20. The van der Waals surface area contributed by atoms with Gasteiger partial charge < -0.3 is 15.9 Å². The van der Waals surface area contributed by atoms with Crippen molar-refractivity contribution in [1.82, 2.24) is 19.7 Å². The predicted molar refractivity (Wildman–Crippen MR) is 44.3 cm³/mol. The average molecular weight is 183 g/mol. The van der Waals surface area contributed by atoms with Crippen molar-refractivity contribution in [3.05, 3.63) is 11.1 Å². The molecule has 2 heterocycles. The van der Waals surface area contributed by atoms with E-state index in [0.29, 0.717) is 15.9 Å². The summed E-state index contributed by atoms with van der Waals surface area (Å²) in [6, 6.07) is 0. The first-order chi connectivity index (χ1) is 5.70. The van der Waals surface area contributed by atoms with Crippen molar-refractivity contribution in [2.24, 2.45) is 0 Å². The van der Waals surface area contributed by atoms with Gasteiger partial charge in [0.2, 0.25) is 4.77 Å². The molecule has 0 aliphatic carbocycles. The zero-order valence-electron chi connectivity index (χ0n) is 5.85. The lowest BCUT2D eigenvalue weighted by atomic mass is 10.5. The van der Waals surface area contributed by atoms with Gasteiger partial charge in [0.15, 0.2) is 11.5 Å². The number of hydrogen-bond donors (Lipinski definition) is 3. The van der Waals surface area contributed by atoms with Crippen molar-refractivity contribution in [2.45, 2.75) is 0 Å². The molecule has 2 aromatic rings. The Kier molecular flexibility index (Phi) is 1.28. The monoisotopic (exact) mass is 183 g/mol. The molecule has 0 radical (unpaired) electrons. The Morgan fingerprint density at radius 1 is 1.67 bits per heavy atom. The van der Waals surface area contributed by atoms with Gasteiger partial charge in [-0.25, -0.2) is 4.98 Å². The number of rotatable bonds is 0.